The lowest BCUT2D eigenvalue weighted by Crippen LogP contribution is -2.27. The fourth-order valence-electron chi connectivity index (χ4n) is 3.15. The molecule has 1 amide bonds. The average Bonchev–Trinajstić information content (AvgIpc) is 3.27. The Bertz CT molecular complexity index is 1300. The first-order valence-electron chi connectivity index (χ1n) is 9.50. The van der Waals surface area contributed by atoms with Crippen molar-refractivity contribution in [1.29, 1.82) is 0 Å². The van der Waals surface area contributed by atoms with Crippen molar-refractivity contribution in [2.75, 3.05) is 6.54 Å². The fourth-order valence-corrected chi connectivity index (χ4v) is 3.30. The van der Waals surface area contributed by atoms with E-state index in [1.807, 2.05) is 39.0 Å². The summed E-state index contributed by atoms with van der Waals surface area (Å²) in [6.45, 7) is 6.72. The highest BCUT2D eigenvalue weighted by Gasteiger charge is 2.13. The molecule has 3 aromatic heterocycles. The van der Waals surface area contributed by atoms with Gasteiger partial charge in [0.05, 0.1) is 22.8 Å². The predicted molar refractivity (Wildman–Crippen MR) is 115 cm³/mol. The van der Waals surface area contributed by atoms with Crippen LogP contribution >= 0.6 is 11.6 Å². The summed E-state index contributed by atoms with van der Waals surface area (Å²) in [5.74, 6) is 0.159. The van der Waals surface area contributed by atoms with E-state index in [1.54, 1.807) is 17.1 Å². The summed E-state index contributed by atoms with van der Waals surface area (Å²) in [7, 11) is 0. The molecule has 154 valence electrons. The first-order chi connectivity index (χ1) is 14.3. The molecule has 4 aromatic rings. The molecule has 0 atom stereocenters. The van der Waals surface area contributed by atoms with Crippen LogP contribution in [0.1, 0.15) is 27.2 Å². The van der Waals surface area contributed by atoms with E-state index in [1.165, 1.54) is 10.6 Å². The van der Waals surface area contributed by atoms with Gasteiger partial charge in [0.2, 0.25) is 0 Å². The van der Waals surface area contributed by atoms with Gasteiger partial charge in [-0.2, -0.15) is 5.10 Å². The Morgan fingerprint density at radius 2 is 1.93 bits per heavy atom. The first kappa shape index (κ1) is 19.9. The highest BCUT2D eigenvalue weighted by molar-refractivity contribution is 6.31. The Labute approximate surface area is 177 Å². The van der Waals surface area contributed by atoms with Crippen LogP contribution in [0.15, 0.2) is 41.5 Å². The van der Waals surface area contributed by atoms with Gasteiger partial charge in [0, 0.05) is 24.5 Å². The number of rotatable bonds is 5. The number of halogens is 1. The van der Waals surface area contributed by atoms with Crippen LogP contribution in [0.2, 0.25) is 5.02 Å². The molecule has 2 N–H and O–H groups in total. The monoisotopic (exact) mass is 424 g/mol. The number of aromatic amines is 1. The molecule has 3 heterocycles. The number of benzene rings is 1. The highest BCUT2D eigenvalue weighted by Crippen LogP contribution is 2.18. The normalized spacial score (nSPS) is 11.2. The van der Waals surface area contributed by atoms with E-state index >= 15 is 0 Å². The van der Waals surface area contributed by atoms with Crippen molar-refractivity contribution in [3.63, 3.8) is 0 Å². The fraction of sp³-hybridized carbons (Fsp3) is 0.238. The van der Waals surface area contributed by atoms with Crippen LogP contribution in [0.5, 0.6) is 0 Å². The SMILES string of the molecule is Cc1ccc(-c2nn3cc(C(=O)NCCn4cc(Cl)c(C)n4)cc3c(=O)[nH]2)cc1C. The third-order valence-corrected chi connectivity index (χ3v) is 5.40. The standard InChI is InChI=1S/C21H21ClN6O2/c1-12-4-5-15(8-13(12)2)19-24-21(30)18-9-16(10-28(18)26-19)20(29)23-6-7-27-11-17(22)14(3)25-27/h4-5,8-11H,6-7H2,1-3H3,(H,23,29)(H,24,26,30). The summed E-state index contributed by atoms with van der Waals surface area (Å²) in [6, 6.07) is 7.39. The van der Waals surface area contributed by atoms with Crippen molar-refractivity contribution in [1.82, 2.24) is 29.7 Å². The molecular weight excluding hydrogens is 404 g/mol. The van der Waals surface area contributed by atoms with Gasteiger partial charge in [-0.05, 0) is 44.0 Å². The smallest absolute Gasteiger partial charge is 0.275 e. The van der Waals surface area contributed by atoms with E-state index < -0.39 is 0 Å². The molecule has 0 spiro atoms. The van der Waals surface area contributed by atoms with Crippen molar-refractivity contribution in [2.24, 2.45) is 0 Å². The molecule has 9 heteroatoms. The summed E-state index contributed by atoms with van der Waals surface area (Å²) < 4.78 is 3.12. The van der Waals surface area contributed by atoms with Crippen LogP contribution in [0.3, 0.4) is 0 Å². The topological polar surface area (TPSA) is 97.1 Å². The molecule has 0 saturated heterocycles. The van der Waals surface area contributed by atoms with Crippen LogP contribution in [0, 0.1) is 20.8 Å². The Balaban J connectivity index is 1.53. The zero-order valence-electron chi connectivity index (χ0n) is 16.9. The molecule has 0 saturated carbocycles. The number of carbonyl (C=O) groups excluding carboxylic acids is 1. The lowest BCUT2D eigenvalue weighted by Gasteiger charge is -2.05. The maximum Gasteiger partial charge on any atom is 0.275 e. The largest absolute Gasteiger partial charge is 0.350 e. The molecule has 8 nitrogen and oxygen atoms in total. The molecule has 0 unspecified atom stereocenters. The first-order valence-corrected chi connectivity index (χ1v) is 9.87. The molecule has 0 aliphatic heterocycles. The summed E-state index contributed by atoms with van der Waals surface area (Å²) in [4.78, 5) is 27.8. The van der Waals surface area contributed by atoms with Gasteiger partial charge in [-0.1, -0.05) is 23.7 Å². The van der Waals surface area contributed by atoms with E-state index in [0.717, 1.165) is 22.4 Å². The Hall–Kier alpha value is -3.39. The van der Waals surface area contributed by atoms with Gasteiger partial charge in [-0.25, -0.2) is 4.52 Å². The summed E-state index contributed by atoms with van der Waals surface area (Å²) >= 11 is 5.99. The third-order valence-electron chi connectivity index (χ3n) is 5.03. The second kappa shape index (κ2) is 7.79. The average molecular weight is 425 g/mol. The Morgan fingerprint density at radius 3 is 2.63 bits per heavy atom. The number of amides is 1. The maximum atomic E-state index is 12.5. The lowest BCUT2D eigenvalue weighted by molar-refractivity contribution is 0.0952. The van der Waals surface area contributed by atoms with Gasteiger partial charge < -0.3 is 10.3 Å². The number of fused-ring (bicyclic) bond motifs is 1. The van der Waals surface area contributed by atoms with Crippen molar-refractivity contribution < 1.29 is 4.79 Å². The van der Waals surface area contributed by atoms with Crippen molar-refractivity contribution in [3.05, 3.63) is 74.4 Å². The molecular formula is C21H21ClN6O2. The Kier molecular flexibility index (Phi) is 5.17. The maximum absolute atomic E-state index is 12.5. The van der Waals surface area contributed by atoms with Crippen molar-refractivity contribution in [3.8, 4) is 11.4 Å². The minimum absolute atomic E-state index is 0.289. The van der Waals surface area contributed by atoms with Crippen molar-refractivity contribution in [2.45, 2.75) is 27.3 Å². The highest BCUT2D eigenvalue weighted by atomic mass is 35.5. The molecule has 0 radical (unpaired) electrons. The van der Waals surface area contributed by atoms with E-state index in [-0.39, 0.29) is 11.5 Å². The van der Waals surface area contributed by atoms with Gasteiger partial charge in [-0.15, -0.1) is 5.10 Å². The van der Waals surface area contributed by atoms with Gasteiger partial charge in [-0.3, -0.25) is 14.3 Å². The lowest BCUT2D eigenvalue weighted by atomic mass is 10.1. The van der Waals surface area contributed by atoms with E-state index in [2.05, 4.69) is 20.5 Å². The molecule has 0 fully saturated rings. The Morgan fingerprint density at radius 1 is 1.13 bits per heavy atom. The predicted octanol–water partition coefficient (Wildman–Crippen LogP) is 2.89. The molecule has 1 aromatic carbocycles. The van der Waals surface area contributed by atoms with Crippen LogP contribution in [0.4, 0.5) is 0 Å². The molecule has 0 bridgehead atoms. The zero-order valence-corrected chi connectivity index (χ0v) is 17.6. The molecule has 4 rings (SSSR count). The van der Waals surface area contributed by atoms with E-state index in [9.17, 15) is 9.59 Å². The molecule has 0 aliphatic carbocycles. The summed E-state index contributed by atoms with van der Waals surface area (Å²) in [5.41, 5.74) is 4.18. The van der Waals surface area contributed by atoms with Crippen LogP contribution in [-0.2, 0) is 6.54 Å². The number of H-pyrrole nitrogens is 1. The van der Waals surface area contributed by atoms with Gasteiger partial charge >= 0.3 is 0 Å². The number of aromatic nitrogens is 5. The molecule has 0 aliphatic rings. The number of hydrogen-bond donors (Lipinski definition) is 2. The van der Waals surface area contributed by atoms with Gasteiger partial charge in [0.1, 0.15) is 5.52 Å². The number of nitrogens with one attached hydrogen (secondary N) is 2. The minimum atomic E-state index is -0.307. The van der Waals surface area contributed by atoms with Crippen LogP contribution in [0.25, 0.3) is 16.9 Å². The minimum Gasteiger partial charge on any atom is -0.350 e. The van der Waals surface area contributed by atoms with Crippen molar-refractivity contribution >= 4 is 23.0 Å². The van der Waals surface area contributed by atoms with Gasteiger partial charge in [0.25, 0.3) is 11.5 Å². The number of aryl methyl sites for hydroxylation is 3. The number of hydrogen-bond acceptors (Lipinski definition) is 4. The zero-order chi connectivity index (χ0) is 21.4. The quantitative estimate of drug-likeness (QED) is 0.514. The second-order valence-electron chi connectivity index (χ2n) is 7.24. The second-order valence-corrected chi connectivity index (χ2v) is 7.65. The number of nitrogens with zero attached hydrogens (tertiary/aromatic N) is 4. The van der Waals surface area contributed by atoms with Gasteiger partial charge in [0.15, 0.2) is 5.82 Å². The van der Waals surface area contributed by atoms with E-state index in [4.69, 9.17) is 11.6 Å². The summed E-state index contributed by atoms with van der Waals surface area (Å²) in [6.07, 6.45) is 3.27. The summed E-state index contributed by atoms with van der Waals surface area (Å²) in [5, 5.41) is 12.1. The van der Waals surface area contributed by atoms with Crippen LogP contribution in [-0.4, -0.2) is 36.8 Å². The van der Waals surface area contributed by atoms with Crippen LogP contribution < -0.4 is 10.9 Å². The number of carbonyl (C=O) groups is 1. The third kappa shape index (κ3) is 3.86. The van der Waals surface area contributed by atoms with E-state index in [0.29, 0.717) is 35.0 Å². The molecule has 30 heavy (non-hydrogen) atoms.